The Labute approximate surface area is 109 Å². The molecule has 0 saturated carbocycles. The van der Waals surface area contributed by atoms with Crippen molar-refractivity contribution < 1.29 is 19.0 Å². The van der Waals surface area contributed by atoms with E-state index in [1.165, 1.54) is 0 Å². The van der Waals surface area contributed by atoms with Crippen molar-refractivity contribution in [2.24, 2.45) is 0 Å². The molecule has 18 heavy (non-hydrogen) atoms. The summed E-state index contributed by atoms with van der Waals surface area (Å²) in [5.41, 5.74) is 0.565. The van der Waals surface area contributed by atoms with E-state index in [-0.39, 0.29) is 18.3 Å². The molecule has 1 aromatic rings. The van der Waals surface area contributed by atoms with Crippen LogP contribution in [0.5, 0.6) is 0 Å². The van der Waals surface area contributed by atoms with Gasteiger partial charge in [-0.25, -0.2) is 9.18 Å². The quantitative estimate of drug-likeness (QED) is 0.856. The van der Waals surface area contributed by atoms with E-state index in [4.69, 9.17) is 4.74 Å². The fourth-order valence-corrected chi connectivity index (χ4v) is 2.87. The summed E-state index contributed by atoms with van der Waals surface area (Å²) >= 11 is 1.12. The third-order valence-electron chi connectivity index (χ3n) is 2.82. The monoisotopic (exact) mass is 270 g/mol. The van der Waals surface area contributed by atoms with Gasteiger partial charge in [-0.2, -0.15) is 0 Å². The van der Waals surface area contributed by atoms with Gasteiger partial charge in [0, 0.05) is 5.25 Å². The Kier molecular flexibility index (Phi) is 4.24. The topological polar surface area (TPSA) is 46.5 Å². The van der Waals surface area contributed by atoms with Gasteiger partial charge in [0.1, 0.15) is 18.2 Å². The van der Waals surface area contributed by atoms with E-state index in [2.05, 4.69) is 0 Å². The lowest BCUT2D eigenvalue weighted by atomic mass is 10.1. The number of benzene rings is 1. The molecule has 1 heterocycles. The second kappa shape index (κ2) is 5.71. The van der Waals surface area contributed by atoms with Crippen molar-refractivity contribution in [3.05, 3.63) is 35.4 Å². The minimum absolute atomic E-state index is 0.134. The predicted octanol–water partition coefficient (Wildman–Crippen LogP) is 2.31. The summed E-state index contributed by atoms with van der Waals surface area (Å²) in [5, 5.41) is 9.07. The molecule has 1 unspecified atom stereocenters. The average Bonchev–Trinajstić information content (AvgIpc) is 2.67. The van der Waals surface area contributed by atoms with Crippen molar-refractivity contribution in [1.29, 1.82) is 0 Å². The molecule has 1 aliphatic heterocycles. The molecular weight excluding hydrogens is 255 g/mol. The molecule has 2 rings (SSSR count). The predicted molar refractivity (Wildman–Crippen MR) is 68.4 cm³/mol. The Morgan fingerprint density at radius 1 is 1.50 bits per heavy atom. The molecule has 1 aliphatic rings. The van der Waals surface area contributed by atoms with Crippen LogP contribution in [-0.2, 0) is 4.74 Å². The Morgan fingerprint density at radius 3 is 2.72 bits per heavy atom. The standard InChI is InChI=1S/C13H15FO3S/c1-8-2-4-9(5-3-8)12(15)17-7-10-6-11(14)13(16)18-10/h2-5,10-11,13,16H,6-7H2,1H3/t10-,11+,13?/m1/s1. The molecule has 1 fully saturated rings. The van der Waals surface area contributed by atoms with Crippen LogP contribution in [0.1, 0.15) is 22.3 Å². The highest BCUT2D eigenvalue weighted by Crippen LogP contribution is 2.34. The maximum atomic E-state index is 13.0. The highest BCUT2D eigenvalue weighted by atomic mass is 32.2. The molecule has 0 spiro atoms. The zero-order chi connectivity index (χ0) is 13.1. The van der Waals surface area contributed by atoms with Crippen molar-refractivity contribution >= 4 is 17.7 Å². The van der Waals surface area contributed by atoms with E-state index < -0.39 is 17.6 Å². The number of esters is 1. The average molecular weight is 270 g/mol. The van der Waals surface area contributed by atoms with E-state index in [9.17, 15) is 14.3 Å². The number of ether oxygens (including phenoxy) is 1. The van der Waals surface area contributed by atoms with Gasteiger partial charge in [-0.05, 0) is 25.5 Å². The Balaban J connectivity index is 1.84. The highest BCUT2D eigenvalue weighted by molar-refractivity contribution is 8.00. The second-order valence-corrected chi connectivity index (χ2v) is 5.79. The SMILES string of the molecule is Cc1ccc(C(=O)OC[C@H]2C[C@H](F)C(O)S2)cc1. The third kappa shape index (κ3) is 3.23. The van der Waals surface area contributed by atoms with Crippen molar-refractivity contribution in [1.82, 2.24) is 0 Å². The summed E-state index contributed by atoms with van der Waals surface area (Å²) in [6.07, 6.45) is -0.995. The molecule has 0 radical (unpaired) electrons. The fraction of sp³-hybridized carbons (Fsp3) is 0.462. The summed E-state index contributed by atoms with van der Waals surface area (Å²) < 4.78 is 18.2. The maximum absolute atomic E-state index is 13.0. The van der Waals surface area contributed by atoms with Crippen LogP contribution in [0.15, 0.2) is 24.3 Å². The smallest absolute Gasteiger partial charge is 0.338 e. The lowest BCUT2D eigenvalue weighted by Crippen LogP contribution is -2.15. The number of carbonyl (C=O) groups is 1. The Bertz CT molecular complexity index is 411. The second-order valence-electron chi connectivity index (χ2n) is 4.36. The van der Waals surface area contributed by atoms with Crippen LogP contribution in [0, 0.1) is 6.92 Å². The van der Waals surface area contributed by atoms with Crippen LogP contribution in [0.2, 0.25) is 0 Å². The van der Waals surface area contributed by atoms with Crippen LogP contribution in [-0.4, -0.2) is 34.5 Å². The van der Waals surface area contributed by atoms with Crippen LogP contribution in [0.25, 0.3) is 0 Å². The van der Waals surface area contributed by atoms with Crippen molar-refractivity contribution in [3.63, 3.8) is 0 Å². The lowest BCUT2D eigenvalue weighted by Gasteiger charge is -2.09. The molecule has 0 bridgehead atoms. The number of carbonyl (C=O) groups excluding carboxylic acids is 1. The van der Waals surface area contributed by atoms with Crippen LogP contribution < -0.4 is 0 Å². The van der Waals surface area contributed by atoms with Gasteiger partial charge in [-0.15, -0.1) is 11.8 Å². The van der Waals surface area contributed by atoms with E-state index in [0.29, 0.717) is 5.56 Å². The molecule has 3 atom stereocenters. The van der Waals surface area contributed by atoms with Gasteiger partial charge in [0.15, 0.2) is 0 Å². The number of aliphatic hydroxyl groups excluding tert-OH is 1. The van der Waals surface area contributed by atoms with Gasteiger partial charge in [-0.3, -0.25) is 0 Å². The van der Waals surface area contributed by atoms with Crippen molar-refractivity contribution in [3.8, 4) is 0 Å². The molecule has 0 aromatic heterocycles. The number of halogens is 1. The maximum Gasteiger partial charge on any atom is 0.338 e. The molecule has 0 amide bonds. The Morgan fingerprint density at radius 2 is 2.17 bits per heavy atom. The number of aliphatic hydroxyl groups is 1. The van der Waals surface area contributed by atoms with Gasteiger partial charge in [-0.1, -0.05) is 17.7 Å². The zero-order valence-corrected chi connectivity index (χ0v) is 10.8. The van der Waals surface area contributed by atoms with Gasteiger partial charge in [0.05, 0.1) is 5.56 Å². The minimum Gasteiger partial charge on any atom is -0.461 e. The zero-order valence-electron chi connectivity index (χ0n) is 10.0. The number of hydrogen-bond donors (Lipinski definition) is 1. The van der Waals surface area contributed by atoms with Crippen molar-refractivity contribution in [2.75, 3.05) is 6.61 Å². The highest BCUT2D eigenvalue weighted by Gasteiger charge is 2.34. The molecule has 98 valence electrons. The first kappa shape index (κ1) is 13.4. The van der Waals surface area contributed by atoms with Crippen molar-refractivity contribution in [2.45, 2.75) is 30.2 Å². The number of hydrogen-bond acceptors (Lipinski definition) is 4. The van der Waals surface area contributed by atoms with Gasteiger partial charge in [0.2, 0.25) is 0 Å². The number of rotatable bonds is 3. The molecule has 1 aromatic carbocycles. The van der Waals surface area contributed by atoms with E-state index >= 15 is 0 Å². The van der Waals surface area contributed by atoms with Gasteiger partial charge < -0.3 is 9.84 Å². The normalized spacial score (nSPS) is 27.2. The van der Waals surface area contributed by atoms with Crippen LogP contribution in [0.3, 0.4) is 0 Å². The molecular formula is C13H15FO3S. The summed E-state index contributed by atoms with van der Waals surface area (Å²) in [6.45, 7) is 2.07. The summed E-state index contributed by atoms with van der Waals surface area (Å²) in [7, 11) is 0. The number of thioether (sulfide) groups is 1. The summed E-state index contributed by atoms with van der Waals surface area (Å²) in [6, 6.07) is 7.07. The van der Waals surface area contributed by atoms with E-state index in [0.717, 1.165) is 17.3 Å². The molecule has 1 saturated heterocycles. The molecule has 3 nitrogen and oxygen atoms in total. The fourth-order valence-electron chi connectivity index (χ4n) is 1.75. The lowest BCUT2D eigenvalue weighted by molar-refractivity contribution is 0.0498. The Hall–Kier alpha value is -1.07. The summed E-state index contributed by atoms with van der Waals surface area (Å²) in [5.74, 6) is -0.410. The third-order valence-corrected chi connectivity index (χ3v) is 4.10. The first-order valence-electron chi connectivity index (χ1n) is 5.77. The van der Waals surface area contributed by atoms with E-state index in [1.807, 2.05) is 19.1 Å². The van der Waals surface area contributed by atoms with Crippen LogP contribution in [0.4, 0.5) is 4.39 Å². The first-order chi connectivity index (χ1) is 8.56. The summed E-state index contributed by atoms with van der Waals surface area (Å²) in [4.78, 5) is 11.7. The first-order valence-corrected chi connectivity index (χ1v) is 6.72. The molecule has 5 heteroatoms. The van der Waals surface area contributed by atoms with Gasteiger partial charge in [0.25, 0.3) is 0 Å². The largest absolute Gasteiger partial charge is 0.461 e. The molecule has 0 aliphatic carbocycles. The number of aryl methyl sites for hydroxylation is 1. The minimum atomic E-state index is -1.22. The van der Waals surface area contributed by atoms with Gasteiger partial charge >= 0.3 is 5.97 Å². The number of alkyl halides is 1. The molecule has 1 N–H and O–H groups in total. The van der Waals surface area contributed by atoms with E-state index in [1.54, 1.807) is 12.1 Å². The van der Waals surface area contributed by atoms with Crippen LogP contribution >= 0.6 is 11.8 Å².